The van der Waals surface area contributed by atoms with E-state index in [0.717, 1.165) is 25.3 Å². The van der Waals surface area contributed by atoms with E-state index in [0.29, 0.717) is 5.92 Å². The van der Waals surface area contributed by atoms with Crippen LogP contribution in [0.1, 0.15) is 12.0 Å². The van der Waals surface area contributed by atoms with E-state index in [2.05, 4.69) is 29.6 Å². The summed E-state index contributed by atoms with van der Waals surface area (Å²) in [5.74, 6) is 1.62. The maximum absolute atomic E-state index is 5.14. The summed E-state index contributed by atoms with van der Waals surface area (Å²) < 4.78 is 5.14. The molecule has 1 heterocycles. The van der Waals surface area contributed by atoms with Gasteiger partial charge in [0.25, 0.3) is 0 Å². The molecule has 2 heteroatoms. The smallest absolute Gasteiger partial charge is 0.118 e. The number of hydrogen-bond donors (Lipinski definition) is 1. The first-order chi connectivity index (χ1) is 7.88. The van der Waals surface area contributed by atoms with Crippen molar-refractivity contribution >= 4 is 0 Å². The Labute approximate surface area is 97.3 Å². The van der Waals surface area contributed by atoms with Gasteiger partial charge in [-0.1, -0.05) is 24.3 Å². The van der Waals surface area contributed by atoms with Crippen molar-refractivity contribution in [1.29, 1.82) is 0 Å². The van der Waals surface area contributed by atoms with Crippen molar-refractivity contribution in [1.82, 2.24) is 5.32 Å². The Kier molecular flexibility index (Phi) is 4.00. The summed E-state index contributed by atoms with van der Waals surface area (Å²) in [6.07, 6.45) is 6.92. The van der Waals surface area contributed by atoms with E-state index in [4.69, 9.17) is 4.74 Å². The van der Waals surface area contributed by atoms with Crippen LogP contribution in [-0.4, -0.2) is 20.2 Å². The summed E-state index contributed by atoms with van der Waals surface area (Å²) in [7, 11) is 1.70. The topological polar surface area (TPSA) is 21.3 Å². The van der Waals surface area contributed by atoms with Crippen molar-refractivity contribution < 1.29 is 4.74 Å². The maximum Gasteiger partial charge on any atom is 0.118 e. The van der Waals surface area contributed by atoms with Gasteiger partial charge in [0, 0.05) is 13.1 Å². The number of aryl methyl sites for hydroxylation is 1. The lowest BCUT2D eigenvalue weighted by Gasteiger charge is -2.17. The summed E-state index contributed by atoms with van der Waals surface area (Å²) in [4.78, 5) is 0. The van der Waals surface area contributed by atoms with Crippen molar-refractivity contribution in [3.8, 4) is 5.75 Å². The molecule has 0 amide bonds. The Morgan fingerprint density at radius 3 is 2.75 bits per heavy atom. The Balaban J connectivity index is 1.84. The molecule has 1 N–H and O–H groups in total. The third-order valence-corrected chi connectivity index (χ3v) is 3.04. The molecule has 0 unspecified atom stereocenters. The van der Waals surface area contributed by atoms with E-state index < -0.39 is 0 Å². The van der Waals surface area contributed by atoms with Crippen LogP contribution in [0.4, 0.5) is 0 Å². The zero-order valence-electron chi connectivity index (χ0n) is 9.78. The van der Waals surface area contributed by atoms with E-state index in [-0.39, 0.29) is 0 Å². The van der Waals surface area contributed by atoms with Gasteiger partial charge in [-0.25, -0.2) is 0 Å². The second-order valence-electron chi connectivity index (χ2n) is 4.23. The fourth-order valence-corrected chi connectivity index (χ4v) is 2.02. The second-order valence-corrected chi connectivity index (χ2v) is 4.23. The highest BCUT2D eigenvalue weighted by Crippen LogP contribution is 2.16. The van der Waals surface area contributed by atoms with Crippen LogP contribution in [0.2, 0.25) is 0 Å². The summed E-state index contributed by atoms with van der Waals surface area (Å²) >= 11 is 0. The Morgan fingerprint density at radius 2 is 2.12 bits per heavy atom. The predicted molar refractivity (Wildman–Crippen MR) is 66.8 cm³/mol. The van der Waals surface area contributed by atoms with E-state index in [1.54, 1.807) is 7.11 Å². The Morgan fingerprint density at radius 1 is 1.31 bits per heavy atom. The van der Waals surface area contributed by atoms with Gasteiger partial charge in [0.1, 0.15) is 5.75 Å². The van der Waals surface area contributed by atoms with E-state index in [1.807, 2.05) is 12.1 Å². The highest BCUT2D eigenvalue weighted by molar-refractivity contribution is 5.27. The Bertz CT molecular complexity index is 342. The first kappa shape index (κ1) is 11.2. The molecule has 16 heavy (non-hydrogen) atoms. The van der Waals surface area contributed by atoms with Gasteiger partial charge in [0.05, 0.1) is 7.11 Å². The lowest BCUT2D eigenvalue weighted by Crippen LogP contribution is -2.26. The minimum absolute atomic E-state index is 0.691. The number of methoxy groups -OCH3 is 1. The van der Waals surface area contributed by atoms with Crippen LogP contribution >= 0.6 is 0 Å². The number of benzene rings is 1. The third-order valence-electron chi connectivity index (χ3n) is 3.04. The van der Waals surface area contributed by atoms with E-state index in [9.17, 15) is 0 Å². The molecule has 0 spiro atoms. The van der Waals surface area contributed by atoms with Gasteiger partial charge in [-0.3, -0.25) is 0 Å². The highest BCUT2D eigenvalue weighted by atomic mass is 16.5. The first-order valence-corrected chi connectivity index (χ1v) is 5.89. The summed E-state index contributed by atoms with van der Waals surface area (Å²) in [6, 6.07) is 8.37. The molecule has 1 aliphatic rings. The molecule has 0 aromatic heterocycles. The molecule has 2 nitrogen and oxygen atoms in total. The molecule has 0 radical (unpaired) electrons. The molecule has 0 bridgehead atoms. The highest BCUT2D eigenvalue weighted by Gasteiger charge is 2.07. The van der Waals surface area contributed by atoms with Gasteiger partial charge in [0.2, 0.25) is 0 Å². The van der Waals surface area contributed by atoms with Crippen LogP contribution in [0.25, 0.3) is 0 Å². The van der Waals surface area contributed by atoms with Gasteiger partial charge >= 0.3 is 0 Å². The zero-order valence-corrected chi connectivity index (χ0v) is 9.78. The van der Waals surface area contributed by atoms with Gasteiger partial charge in [-0.05, 0) is 36.5 Å². The van der Waals surface area contributed by atoms with Crippen LogP contribution in [-0.2, 0) is 6.42 Å². The SMILES string of the molecule is COc1ccc(CC[C@@H]2C=CCNC2)cc1. The zero-order chi connectivity index (χ0) is 11.2. The summed E-state index contributed by atoms with van der Waals surface area (Å²) in [5, 5.41) is 3.38. The van der Waals surface area contributed by atoms with Gasteiger partial charge in [0.15, 0.2) is 0 Å². The van der Waals surface area contributed by atoms with Crippen molar-refractivity contribution in [3.63, 3.8) is 0 Å². The Hall–Kier alpha value is -1.28. The molecule has 0 saturated heterocycles. The van der Waals surface area contributed by atoms with E-state index in [1.165, 1.54) is 12.0 Å². The third kappa shape index (κ3) is 3.11. The molecule has 1 aliphatic heterocycles. The normalized spacial score (nSPS) is 19.7. The van der Waals surface area contributed by atoms with Crippen LogP contribution in [0, 0.1) is 5.92 Å². The minimum atomic E-state index is 0.691. The van der Waals surface area contributed by atoms with E-state index >= 15 is 0 Å². The summed E-state index contributed by atoms with van der Waals surface area (Å²) in [5.41, 5.74) is 1.39. The van der Waals surface area contributed by atoms with Gasteiger partial charge in [-0.2, -0.15) is 0 Å². The van der Waals surface area contributed by atoms with Crippen molar-refractivity contribution in [3.05, 3.63) is 42.0 Å². The van der Waals surface area contributed by atoms with Crippen LogP contribution in [0.5, 0.6) is 5.75 Å². The molecule has 0 aliphatic carbocycles. The standard InChI is InChI=1S/C14H19NO/c1-16-14-8-6-12(7-9-14)4-5-13-3-2-10-15-11-13/h2-3,6-9,13,15H,4-5,10-11H2,1H3/t13-/m0/s1. The minimum Gasteiger partial charge on any atom is -0.497 e. The molecular formula is C14H19NO. The average Bonchev–Trinajstić information content (AvgIpc) is 2.38. The quantitative estimate of drug-likeness (QED) is 0.782. The summed E-state index contributed by atoms with van der Waals surface area (Å²) in [6.45, 7) is 2.14. The molecule has 0 saturated carbocycles. The number of nitrogens with one attached hydrogen (secondary N) is 1. The molecule has 1 atom stereocenters. The monoisotopic (exact) mass is 217 g/mol. The lowest BCUT2D eigenvalue weighted by molar-refractivity contribution is 0.414. The number of ether oxygens (including phenoxy) is 1. The molecule has 1 aromatic carbocycles. The molecule has 1 aromatic rings. The maximum atomic E-state index is 5.14. The van der Waals surface area contributed by atoms with Gasteiger partial charge < -0.3 is 10.1 Å². The lowest BCUT2D eigenvalue weighted by atomic mass is 9.97. The fraction of sp³-hybridized carbons (Fsp3) is 0.429. The largest absolute Gasteiger partial charge is 0.497 e. The van der Waals surface area contributed by atoms with Crippen LogP contribution < -0.4 is 10.1 Å². The first-order valence-electron chi connectivity index (χ1n) is 5.89. The van der Waals surface area contributed by atoms with Crippen LogP contribution in [0.15, 0.2) is 36.4 Å². The molecule has 0 fully saturated rings. The number of hydrogen-bond acceptors (Lipinski definition) is 2. The van der Waals surface area contributed by atoms with Crippen LogP contribution in [0.3, 0.4) is 0 Å². The van der Waals surface area contributed by atoms with Crippen molar-refractivity contribution in [2.45, 2.75) is 12.8 Å². The van der Waals surface area contributed by atoms with Crippen molar-refractivity contribution in [2.24, 2.45) is 5.92 Å². The fourth-order valence-electron chi connectivity index (χ4n) is 2.02. The van der Waals surface area contributed by atoms with Gasteiger partial charge in [-0.15, -0.1) is 0 Å². The molecular weight excluding hydrogens is 198 g/mol. The molecule has 86 valence electrons. The average molecular weight is 217 g/mol. The molecule has 2 rings (SSSR count). The second kappa shape index (κ2) is 5.71. The predicted octanol–water partition coefficient (Wildman–Crippen LogP) is 2.40. The van der Waals surface area contributed by atoms with Crippen molar-refractivity contribution in [2.75, 3.05) is 20.2 Å². The number of rotatable bonds is 4.